The summed E-state index contributed by atoms with van der Waals surface area (Å²) in [7, 11) is -4.99. The third-order valence-electron chi connectivity index (χ3n) is 2.24. The summed E-state index contributed by atoms with van der Waals surface area (Å²) in [6.45, 7) is 2.15. The fraction of sp³-hybridized carbons (Fsp3) is 1.00. The van der Waals surface area contributed by atoms with Crippen LogP contribution in [0.25, 0.3) is 0 Å². The summed E-state index contributed by atoms with van der Waals surface area (Å²) >= 11 is 0. The monoisotopic (exact) mass is 246 g/mol. The molecule has 0 rings (SSSR count). The Kier molecular flexibility index (Phi) is 14.4. The van der Waals surface area contributed by atoms with Crippen molar-refractivity contribution in [3.63, 3.8) is 0 Å². The number of hydrogen-bond donors (Lipinski definition) is 0. The summed E-state index contributed by atoms with van der Waals surface area (Å²) in [5, 5.41) is 0. The van der Waals surface area contributed by atoms with Gasteiger partial charge in [-0.15, -0.1) is 0 Å². The summed E-state index contributed by atoms with van der Waals surface area (Å²) in [4.78, 5) is 9.98. The van der Waals surface area contributed by atoms with Gasteiger partial charge in [-0.05, 0) is 6.42 Å². The molecule has 0 aromatic carbocycles. The first-order valence-corrected chi connectivity index (χ1v) is 7.15. The van der Waals surface area contributed by atoms with Crippen LogP contribution < -0.4 is 23.8 Å². The molecule has 0 bridgehead atoms. The van der Waals surface area contributed by atoms with Crippen LogP contribution in [-0.4, -0.2) is 6.61 Å². The molecule has 0 aliphatic rings. The summed E-state index contributed by atoms with van der Waals surface area (Å²) in [6, 6.07) is 0. The molecule has 0 radical (unpaired) electrons. The van der Waals surface area contributed by atoms with E-state index in [1.54, 1.807) is 0 Å². The van der Waals surface area contributed by atoms with Crippen molar-refractivity contribution < 1.29 is 37.0 Å². The van der Waals surface area contributed by atoms with Crippen molar-refractivity contribution in [1.82, 2.24) is 0 Å². The number of halogens is 1. The van der Waals surface area contributed by atoms with Crippen LogP contribution >= 0.6 is 7.91 Å². The second kappa shape index (κ2) is 12.1. The zero-order valence-corrected chi connectivity index (χ0v) is 11.3. The summed E-state index contributed by atoms with van der Waals surface area (Å²) in [5.74, 6) is 0. The molecule has 3 nitrogen and oxygen atoms in total. The van der Waals surface area contributed by atoms with Crippen LogP contribution in [0.2, 0.25) is 0 Å². The Morgan fingerprint density at radius 3 is 1.94 bits per heavy atom. The minimum atomic E-state index is -4.99. The maximum Gasteiger partial charge on any atom is 1.00 e. The molecule has 0 N–H and O–H groups in total. The molecule has 0 amide bonds. The Morgan fingerprint density at radius 2 is 1.50 bits per heavy atom. The molecule has 6 heteroatoms. The normalized spacial score (nSPS) is 14.2. The molecule has 1 atom stereocenters. The van der Waals surface area contributed by atoms with Gasteiger partial charge in [-0.3, -0.25) is 4.57 Å². The average molecular weight is 246 g/mol. The number of hydrogen-bond acceptors (Lipinski definition) is 3. The van der Waals surface area contributed by atoms with Gasteiger partial charge in [-0.2, -0.15) is 4.20 Å². The third kappa shape index (κ3) is 17.1. The van der Waals surface area contributed by atoms with E-state index >= 15 is 0 Å². The van der Waals surface area contributed by atoms with E-state index in [9.17, 15) is 13.7 Å². The van der Waals surface area contributed by atoms with E-state index < -0.39 is 7.91 Å². The van der Waals surface area contributed by atoms with E-state index in [1.165, 1.54) is 32.1 Å². The first-order chi connectivity index (χ1) is 7.06. The van der Waals surface area contributed by atoms with Crippen molar-refractivity contribution in [2.24, 2.45) is 0 Å². The molecule has 0 spiro atoms. The van der Waals surface area contributed by atoms with Crippen LogP contribution in [0.5, 0.6) is 0 Å². The van der Waals surface area contributed by atoms with E-state index in [4.69, 9.17) is 0 Å². The van der Waals surface area contributed by atoms with Crippen LogP contribution in [0.3, 0.4) is 0 Å². The molecule has 0 aromatic rings. The maximum atomic E-state index is 11.9. The largest absolute Gasteiger partial charge is 1.00 e. The zero-order chi connectivity index (χ0) is 11.6. The predicted molar refractivity (Wildman–Crippen MR) is 57.3 cm³/mol. The number of rotatable bonds is 10. The van der Waals surface area contributed by atoms with Gasteiger partial charge in [0.25, 0.3) is 0 Å². The minimum absolute atomic E-state index is 0. The standard InChI is InChI=1S/C10H22FO3P.Li/c1-2-3-4-5-6-7-8-9-10-14-15(11,12)13;/h2-10H2,1H3,(H,12,13);/q;+1/p-1. The summed E-state index contributed by atoms with van der Waals surface area (Å²) in [6.07, 6.45) is 8.79. The SMILES string of the molecule is CCCCCCCCCCOP(=O)([O-])F.[Li+]. The second-order valence-electron chi connectivity index (χ2n) is 3.74. The van der Waals surface area contributed by atoms with Crippen LogP contribution in [-0.2, 0) is 9.09 Å². The Morgan fingerprint density at radius 1 is 1.06 bits per heavy atom. The second-order valence-corrected chi connectivity index (χ2v) is 4.86. The molecule has 0 fully saturated rings. The third-order valence-corrected chi connectivity index (χ3v) is 2.73. The fourth-order valence-electron chi connectivity index (χ4n) is 1.41. The quantitative estimate of drug-likeness (QED) is 0.322. The van der Waals surface area contributed by atoms with Crippen molar-refractivity contribution in [2.45, 2.75) is 58.3 Å². The minimum Gasteiger partial charge on any atom is -0.753 e. The van der Waals surface area contributed by atoms with Gasteiger partial charge >= 0.3 is 26.8 Å². The Bertz CT molecular complexity index is 187. The van der Waals surface area contributed by atoms with Crippen LogP contribution in [0.4, 0.5) is 4.20 Å². The average Bonchev–Trinajstić information content (AvgIpc) is 2.14. The van der Waals surface area contributed by atoms with Crippen molar-refractivity contribution in [3.05, 3.63) is 0 Å². The van der Waals surface area contributed by atoms with Crippen molar-refractivity contribution in [2.75, 3.05) is 6.61 Å². The molecule has 0 aromatic heterocycles. The fourth-order valence-corrected chi connectivity index (χ4v) is 1.76. The van der Waals surface area contributed by atoms with Gasteiger partial charge in [-0.1, -0.05) is 51.9 Å². The molecule has 0 saturated carbocycles. The number of unbranched alkanes of at least 4 members (excludes halogenated alkanes) is 7. The summed E-state index contributed by atoms with van der Waals surface area (Å²) < 4.78 is 25.9. The Balaban J connectivity index is 0. The molecule has 0 aliphatic carbocycles. The molecule has 92 valence electrons. The van der Waals surface area contributed by atoms with Gasteiger partial charge in [0.1, 0.15) is 0 Å². The van der Waals surface area contributed by atoms with Crippen LogP contribution in [0.15, 0.2) is 0 Å². The van der Waals surface area contributed by atoms with Gasteiger partial charge in [0.2, 0.25) is 0 Å². The molecule has 0 heterocycles. The van der Waals surface area contributed by atoms with Gasteiger partial charge in [-0.25, -0.2) is 0 Å². The van der Waals surface area contributed by atoms with Crippen LogP contribution in [0.1, 0.15) is 58.3 Å². The Hall–Kier alpha value is 0.677. The first kappa shape index (κ1) is 19.0. The maximum absolute atomic E-state index is 11.9. The summed E-state index contributed by atoms with van der Waals surface area (Å²) in [5.41, 5.74) is 0. The molecule has 0 saturated heterocycles. The predicted octanol–water partition coefficient (Wildman–Crippen LogP) is 0.586. The molecule has 16 heavy (non-hydrogen) atoms. The molecular weight excluding hydrogens is 225 g/mol. The first-order valence-electron chi connectivity index (χ1n) is 5.71. The van der Waals surface area contributed by atoms with Crippen molar-refractivity contribution in [3.8, 4) is 0 Å². The van der Waals surface area contributed by atoms with Crippen molar-refractivity contribution in [1.29, 1.82) is 0 Å². The van der Waals surface area contributed by atoms with E-state index in [-0.39, 0.29) is 25.5 Å². The zero-order valence-electron chi connectivity index (χ0n) is 10.4. The van der Waals surface area contributed by atoms with E-state index in [1.807, 2.05) is 0 Å². The Labute approximate surface area is 110 Å². The molecule has 1 unspecified atom stereocenters. The van der Waals surface area contributed by atoms with Crippen molar-refractivity contribution >= 4 is 7.91 Å². The smallest absolute Gasteiger partial charge is 0.753 e. The van der Waals surface area contributed by atoms with Gasteiger partial charge in [0.15, 0.2) is 0 Å². The van der Waals surface area contributed by atoms with Gasteiger partial charge in [0.05, 0.1) is 6.61 Å². The van der Waals surface area contributed by atoms with E-state index in [0.717, 1.165) is 12.8 Å². The van der Waals surface area contributed by atoms with Gasteiger partial charge < -0.3 is 9.42 Å². The topological polar surface area (TPSA) is 49.4 Å². The van der Waals surface area contributed by atoms with Crippen LogP contribution in [0, 0.1) is 0 Å². The van der Waals surface area contributed by atoms with E-state index in [0.29, 0.717) is 6.42 Å². The molecular formula is C10H21FLiO3P. The van der Waals surface area contributed by atoms with E-state index in [2.05, 4.69) is 11.4 Å². The molecule has 0 aliphatic heterocycles. The van der Waals surface area contributed by atoms with Gasteiger partial charge in [0, 0.05) is 0 Å².